The average Bonchev–Trinajstić information content (AvgIpc) is 3.25. The molecule has 25 heavy (non-hydrogen) atoms. The van der Waals surface area contributed by atoms with E-state index in [1.165, 1.54) is 16.5 Å². The maximum absolute atomic E-state index is 4.69. The van der Waals surface area contributed by atoms with Gasteiger partial charge in [-0.3, -0.25) is 4.99 Å². The fraction of sp³-hybridized carbons (Fsp3) is 0.316. The number of H-pyrrole nitrogens is 1. The van der Waals surface area contributed by atoms with Crippen molar-refractivity contribution >= 4 is 40.8 Å². The quantitative estimate of drug-likeness (QED) is 0.293. The molecule has 3 aromatic rings. The molecule has 0 fully saturated rings. The minimum atomic E-state index is 0. The third-order valence-electron chi connectivity index (χ3n) is 4.00. The van der Waals surface area contributed by atoms with Crippen molar-refractivity contribution in [1.82, 2.24) is 20.2 Å². The van der Waals surface area contributed by atoms with Gasteiger partial charge in [0.25, 0.3) is 0 Å². The topological polar surface area (TPSA) is 57.1 Å². The van der Waals surface area contributed by atoms with E-state index >= 15 is 0 Å². The number of para-hydroxylation sites is 1. The van der Waals surface area contributed by atoms with E-state index < -0.39 is 0 Å². The number of nitrogens with one attached hydrogen (secondary N) is 3. The lowest BCUT2D eigenvalue weighted by molar-refractivity contribution is 0.665. The zero-order chi connectivity index (χ0) is 16.6. The number of rotatable bonds is 7. The summed E-state index contributed by atoms with van der Waals surface area (Å²) in [6.45, 7) is 5.50. The van der Waals surface area contributed by atoms with Crippen molar-refractivity contribution < 1.29 is 0 Å². The van der Waals surface area contributed by atoms with Gasteiger partial charge in [-0.15, -0.1) is 24.0 Å². The highest BCUT2D eigenvalue weighted by Crippen LogP contribution is 2.17. The summed E-state index contributed by atoms with van der Waals surface area (Å²) in [6.07, 6.45) is 7.16. The maximum Gasteiger partial charge on any atom is 0.191 e. The molecule has 2 aromatic heterocycles. The molecule has 0 aliphatic rings. The Morgan fingerprint density at radius 3 is 2.72 bits per heavy atom. The number of hydrogen-bond donors (Lipinski definition) is 3. The average molecular weight is 451 g/mol. The highest BCUT2D eigenvalue weighted by atomic mass is 127. The van der Waals surface area contributed by atoms with E-state index in [9.17, 15) is 0 Å². The van der Waals surface area contributed by atoms with Crippen LogP contribution in [0.25, 0.3) is 10.9 Å². The second-order valence-electron chi connectivity index (χ2n) is 5.72. The molecule has 0 saturated carbocycles. The first-order valence-corrected chi connectivity index (χ1v) is 8.54. The van der Waals surface area contributed by atoms with Crippen LogP contribution in [0.3, 0.4) is 0 Å². The van der Waals surface area contributed by atoms with Gasteiger partial charge in [0, 0.05) is 55.7 Å². The molecule has 0 unspecified atom stereocenters. The van der Waals surface area contributed by atoms with Gasteiger partial charge in [-0.1, -0.05) is 18.2 Å². The summed E-state index contributed by atoms with van der Waals surface area (Å²) in [7, 11) is 0. The molecule has 134 valence electrons. The molecule has 5 nitrogen and oxygen atoms in total. The lowest BCUT2D eigenvalue weighted by atomic mass is 10.1. The second-order valence-corrected chi connectivity index (χ2v) is 5.72. The number of benzene rings is 1. The van der Waals surface area contributed by atoms with Gasteiger partial charge in [-0.05, 0) is 37.1 Å². The molecule has 3 rings (SSSR count). The van der Waals surface area contributed by atoms with Gasteiger partial charge in [-0.2, -0.15) is 0 Å². The van der Waals surface area contributed by atoms with Crippen LogP contribution in [0.15, 0.2) is 60.0 Å². The fourth-order valence-electron chi connectivity index (χ4n) is 2.79. The number of aromatic nitrogens is 2. The van der Waals surface area contributed by atoms with Crippen LogP contribution in [0, 0.1) is 0 Å². The number of nitrogens with zero attached hydrogens (tertiary/aromatic N) is 2. The standard InChI is InChI=1S/C19H25N5.HI/c1-2-20-19(22-11-14-24-12-5-6-13-24)21-10-9-16-15-23-18-8-4-3-7-17(16)18;/h3-8,12-13,15,23H,2,9-11,14H2,1H3,(H2,20,21,22);1H. The SMILES string of the molecule is CCNC(=NCCc1c[nH]c2ccccc12)NCCn1cccc1.I. The zero-order valence-corrected chi connectivity index (χ0v) is 16.9. The third-order valence-corrected chi connectivity index (χ3v) is 4.00. The van der Waals surface area contributed by atoms with Crippen molar-refractivity contribution in [1.29, 1.82) is 0 Å². The van der Waals surface area contributed by atoms with Crippen molar-refractivity contribution in [2.75, 3.05) is 19.6 Å². The highest BCUT2D eigenvalue weighted by molar-refractivity contribution is 14.0. The Morgan fingerprint density at radius 2 is 1.92 bits per heavy atom. The minimum absolute atomic E-state index is 0. The van der Waals surface area contributed by atoms with Gasteiger partial charge in [0.2, 0.25) is 0 Å². The van der Waals surface area contributed by atoms with Gasteiger partial charge in [0.15, 0.2) is 5.96 Å². The molecule has 0 atom stereocenters. The molecular formula is C19H26IN5. The molecule has 2 heterocycles. The Balaban J connectivity index is 0.00000225. The molecule has 0 saturated heterocycles. The molecule has 0 spiro atoms. The van der Waals surface area contributed by atoms with E-state index in [2.05, 4.69) is 75.0 Å². The van der Waals surface area contributed by atoms with Crippen LogP contribution in [-0.4, -0.2) is 35.1 Å². The van der Waals surface area contributed by atoms with Crippen molar-refractivity contribution in [3.8, 4) is 0 Å². The van der Waals surface area contributed by atoms with E-state index in [0.717, 1.165) is 38.6 Å². The summed E-state index contributed by atoms with van der Waals surface area (Å²) >= 11 is 0. The van der Waals surface area contributed by atoms with Crippen LogP contribution >= 0.6 is 24.0 Å². The van der Waals surface area contributed by atoms with Gasteiger partial charge in [0.1, 0.15) is 0 Å². The predicted octanol–water partition coefficient (Wildman–Crippen LogP) is 3.39. The molecule has 0 amide bonds. The fourth-order valence-corrected chi connectivity index (χ4v) is 2.79. The van der Waals surface area contributed by atoms with E-state index in [1.54, 1.807) is 0 Å². The van der Waals surface area contributed by atoms with Gasteiger partial charge in [0.05, 0.1) is 0 Å². The monoisotopic (exact) mass is 451 g/mol. The normalized spacial score (nSPS) is 11.3. The lowest BCUT2D eigenvalue weighted by Crippen LogP contribution is -2.39. The number of hydrogen-bond acceptors (Lipinski definition) is 1. The summed E-state index contributed by atoms with van der Waals surface area (Å²) < 4.78 is 2.16. The Morgan fingerprint density at radius 1 is 1.12 bits per heavy atom. The van der Waals surface area contributed by atoms with Crippen molar-refractivity contribution in [3.05, 3.63) is 60.6 Å². The summed E-state index contributed by atoms with van der Waals surface area (Å²) in [5, 5.41) is 7.98. The molecule has 6 heteroatoms. The van der Waals surface area contributed by atoms with Crippen LogP contribution < -0.4 is 10.6 Å². The first kappa shape index (κ1) is 19.4. The minimum Gasteiger partial charge on any atom is -0.361 e. The Bertz CT molecular complexity index is 776. The van der Waals surface area contributed by atoms with Gasteiger partial charge >= 0.3 is 0 Å². The van der Waals surface area contributed by atoms with E-state index in [-0.39, 0.29) is 24.0 Å². The number of aliphatic imine (C=N–C) groups is 1. The molecule has 0 bridgehead atoms. The predicted molar refractivity (Wildman–Crippen MR) is 116 cm³/mol. The van der Waals surface area contributed by atoms with E-state index in [0.29, 0.717) is 0 Å². The Kier molecular flexibility index (Phi) is 7.84. The van der Waals surface area contributed by atoms with E-state index in [4.69, 9.17) is 0 Å². The van der Waals surface area contributed by atoms with Crippen LogP contribution in [-0.2, 0) is 13.0 Å². The van der Waals surface area contributed by atoms with Crippen LogP contribution in [0.1, 0.15) is 12.5 Å². The van der Waals surface area contributed by atoms with Crippen LogP contribution in [0.2, 0.25) is 0 Å². The third kappa shape index (κ3) is 5.52. The van der Waals surface area contributed by atoms with Crippen molar-refractivity contribution in [3.63, 3.8) is 0 Å². The first-order valence-electron chi connectivity index (χ1n) is 8.54. The molecule has 0 aliphatic heterocycles. The number of fused-ring (bicyclic) bond motifs is 1. The van der Waals surface area contributed by atoms with E-state index in [1.807, 2.05) is 12.1 Å². The zero-order valence-electron chi connectivity index (χ0n) is 14.5. The van der Waals surface area contributed by atoms with Crippen molar-refractivity contribution in [2.45, 2.75) is 19.9 Å². The summed E-state index contributed by atoms with van der Waals surface area (Å²) in [5.41, 5.74) is 2.51. The Hall–Kier alpha value is -1.96. The molecule has 0 radical (unpaired) electrons. The number of halogens is 1. The van der Waals surface area contributed by atoms with Crippen molar-refractivity contribution in [2.24, 2.45) is 4.99 Å². The summed E-state index contributed by atoms with van der Waals surface area (Å²) in [5.74, 6) is 0.879. The summed E-state index contributed by atoms with van der Waals surface area (Å²) in [6, 6.07) is 12.5. The molecular weight excluding hydrogens is 425 g/mol. The van der Waals surface area contributed by atoms with Crippen LogP contribution in [0.5, 0.6) is 0 Å². The number of guanidine groups is 1. The maximum atomic E-state index is 4.69. The van der Waals surface area contributed by atoms with Gasteiger partial charge < -0.3 is 20.2 Å². The Labute approximate surface area is 165 Å². The lowest BCUT2D eigenvalue weighted by Gasteiger charge is -2.11. The first-order chi connectivity index (χ1) is 11.9. The summed E-state index contributed by atoms with van der Waals surface area (Å²) in [4.78, 5) is 8.00. The highest BCUT2D eigenvalue weighted by Gasteiger charge is 2.02. The van der Waals surface area contributed by atoms with Crippen LogP contribution in [0.4, 0.5) is 0 Å². The molecule has 0 aliphatic carbocycles. The largest absolute Gasteiger partial charge is 0.361 e. The molecule has 1 aromatic carbocycles. The smallest absolute Gasteiger partial charge is 0.191 e. The van der Waals surface area contributed by atoms with Gasteiger partial charge in [-0.25, -0.2) is 0 Å². The number of aromatic amines is 1. The molecule has 3 N–H and O–H groups in total. The second kappa shape index (κ2) is 10.1.